The molecule has 0 N–H and O–H groups in total. The van der Waals surface area contributed by atoms with Crippen LogP contribution >= 0.6 is 11.8 Å². The smallest absolute Gasteiger partial charge is 0.417 e. The van der Waals surface area contributed by atoms with E-state index in [1.165, 1.54) is 19.1 Å². The maximum atomic E-state index is 13.6. The first-order valence-corrected chi connectivity index (χ1v) is 8.74. The molecule has 0 saturated carbocycles. The van der Waals surface area contributed by atoms with Crippen molar-refractivity contribution in [3.63, 3.8) is 0 Å². The van der Waals surface area contributed by atoms with Crippen LogP contribution in [0.25, 0.3) is 10.9 Å². The molecule has 1 atom stereocenters. The highest BCUT2D eigenvalue weighted by atomic mass is 32.2. The molecule has 0 aliphatic carbocycles. The van der Waals surface area contributed by atoms with Crippen molar-refractivity contribution in [2.75, 3.05) is 13.4 Å². The van der Waals surface area contributed by atoms with Crippen LogP contribution in [0.3, 0.4) is 0 Å². The lowest BCUT2D eigenvalue weighted by molar-refractivity contribution is -0.144. The summed E-state index contributed by atoms with van der Waals surface area (Å²) in [7, 11) is 0. The number of benzene rings is 1. The zero-order valence-electron chi connectivity index (χ0n) is 14.3. The number of pyridine rings is 1. The number of alkyl halides is 3. The van der Waals surface area contributed by atoms with Gasteiger partial charge >= 0.3 is 12.1 Å². The Morgan fingerprint density at radius 1 is 1.26 bits per heavy atom. The third-order valence-corrected chi connectivity index (χ3v) is 4.90. The van der Waals surface area contributed by atoms with Gasteiger partial charge in [-0.3, -0.25) is 9.59 Å². The van der Waals surface area contributed by atoms with E-state index in [4.69, 9.17) is 14.2 Å². The van der Waals surface area contributed by atoms with Gasteiger partial charge in [-0.15, -0.1) is 0 Å². The molecule has 0 spiro atoms. The molecule has 0 saturated heterocycles. The monoisotopic (exact) mass is 401 g/mol. The van der Waals surface area contributed by atoms with E-state index >= 15 is 0 Å². The summed E-state index contributed by atoms with van der Waals surface area (Å²) in [6.45, 7) is 2.69. The Balaban J connectivity index is 2.09. The molecular weight excluding hydrogens is 387 g/mol. The van der Waals surface area contributed by atoms with Crippen molar-refractivity contribution in [3.8, 4) is 11.5 Å². The van der Waals surface area contributed by atoms with Crippen LogP contribution < -0.4 is 9.47 Å². The molecule has 1 aromatic heterocycles. The van der Waals surface area contributed by atoms with Crippen LogP contribution in [0.5, 0.6) is 11.5 Å². The number of carbonyl (C=O) groups excluding carboxylic acids is 2. The number of ether oxygens (including phenoxy) is 3. The lowest BCUT2D eigenvalue weighted by Crippen LogP contribution is -2.27. The Hall–Kier alpha value is -2.49. The van der Waals surface area contributed by atoms with E-state index in [2.05, 4.69) is 4.98 Å². The molecule has 6 nitrogen and oxygen atoms in total. The highest BCUT2D eigenvalue weighted by Gasteiger charge is 2.35. The van der Waals surface area contributed by atoms with Gasteiger partial charge in [0.05, 0.1) is 22.7 Å². The summed E-state index contributed by atoms with van der Waals surface area (Å²) in [5.41, 5.74) is -0.929. The highest BCUT2D eigenvalue weighted by Crippen LogP contribution is 2.42. The summed E-state index contributed by atoms with van der Waals surface area (Å²) in [5, 5.41) is -1.58. The number of nitrogens with zero attached hydrogens (tertiary/aromatic N) is 1. The van der Waals surface area contributed by atoms with Gasteiger partial charge < -0.3 is 14.2 Å². The highest BCUT2D eigenvalue weighted by molar-refractivity contribution is 8.01. The van der Waals surface area contributed by atoms with Gasteiger partial charge in [-0.2, -0.15) is 13.2 Å². The van der Waals surface area contributed by atoms with Gasteiger partial charge in [0.1, 0.15) is 0 Å². The molecule has 2 aromatic rings. The number of aromatic nitrogens is 1. The molecule has 1 unspecified atom stereocenters. The molecule has 0 bridgehead atoms. The maximum Gasteiger partial charge on any atom is 0.417 e. The molecule has 2 heterocycles. The zero-order chi connectivity index (χ0) is 19.8. The van der Waals surface area contributed by atoms with Crippen LogP contribution in [0.2, 0.25) is 0 Å². The van der Waals surface area contributed by atoms with Crippen molar-refractivity contribution < 1.29 is 37.0 Å². The number of rotatable bonds is 5. The van der Waals surface area contributed by atoms with Crippen LogP contribution in [-0.4, -0.2) is 35.4 Å². The second-order valence-electron chi connectivity index (χ2n) is 5.59. The van der Waals surface area contributed by atoms with E-state index in [1.54, 1.807) is 6.92 Å². The molecule has 10 heteroatoms. The van der Waals surface area contributed by atoms with Gasteiger partial charge in [-0.1, -0.05) is 11.8 Å². The average molecular weight is 401 g/mol. The third-order valence-electron chi connectivity index (χ3n) is 3.69. The molecule has 1 aliphatic heterocycles. The summed E-state index contributed by atoms with van der Waals surface area (Å²) in [4.78, 5) is 27.9. The number of halogens is 3. The molecule has 0 fully saturated rings. The Kier molecular flexibility index (Phi) is 5.18. The minimum atomic E-state index is -4.67. The Morgan fingerprint density at radius 3 is 2.52 bits per heavy atom. The maximum absolute atomic E-state index is 13.6. The van der Waals surface area contributed by atoms with Crippen molar-refractivity contribution >= 4 is 34.4 Å². The van der Waals surface area contributed by atoms with Crippen LogP contribution in [0.4, 0.5) is 13.2 Å². The van der Waals surface area contributed by atoms with E-state index in [-0.39, 0.29) is 40.8 Å². The summed E-state index contributed by atoms with van der Waals surface area (Å²) in [6.07, 6.45) is -4.67. The molecule has 1 aromatic carbocycles. The van der Waals surface area contributed by atoms with Crippen LogP contribution in [0.1, 0.15) is 19.4 Å². The van der Waals surface area contributed by atoms with Crippen molar-refractivity contribution in [2.45, 2.75) is 30.3 Å². The quantitative estimate of drug-likeness (QED) is 0.431. The Bertz CT molecular complexity index is 916. The number of fused-ring (bicyclic) bond motifs is 2. The molecule has 1 aliphatic rings. The first kappa shape index (κ1) is 19.3. The Labute approximate surface area is 156 Å². The van der Waals surface area contributed by atoms with E-state index in [0.29, 0.717) is 11.8 Å². The third kappa shape index (κ3) is 3.95. The van der Waals surface area contributed by atoms with Gasteiger partial charge in [0.2, 0.25) is 6.79 Å². The van der Waals surface area contributed by atoms with Crippen LogP contribution in [0.15, 0.2) is 23.2 Å². The fourth-order valence-electron chi connectivity index (χ4n) is 2.52. The fraction of sp³-hybridized carbons (Fsp3) is 0.353. The van der Waals surface area contributed by atoms with E-state index in [1.807, 2.05) is 0 Å². The summed E-state index contributed by atoms with van der Waals surface area (Å²) < 4.78 is 55.8. The number of Topliss-reactive ketones (excluding diaryl/α,β-unsaturated/α-hetero) is 1. The largest absolute Gasteiger partial charge is 0.465 e. The zero-order valence-corrected chi connectivity index (χ0v) is 15.1. The van der Waals surface area contributed by atoms with Gasteiger partial charge in [0, 0.05) is 11.5 Å². The number of esters is 1. The lowest BCUT2D eigenvalue weighted by atomic mass is 10.1. The van der Waals surface area contributed by atoms with Crippen molar-refractivity contribution in [1.82, 2.24) is 4.98 Å². The topological polar surface area (TPSA) is 74.7 Å². The first-order chi connectivity index (χ1) is 12.7. The van der Waals surface area contributed by atoms with Crippen LogP contribution in [-0.2, 0) is 20.5 Å². The van der Waals surface area contributed by atoms with Crippen molar-refractivity contribution in [1.29, 1.82) is 0 Å². The van der Waals surface area contributed by atoms with E-state index < -0.39 is 28.7 Å². The normalized spacial score (nSPS) is 14.3. The fourth-order valence-corrected chi connectivity index (χ4v) is 3.43. The number of carbonyl (C=O) groups is 2. The summed E-state index contributed by atoms with van der Waals surface area (Å²) in [6, 6.07) is 3.37. The van der Waals surface area contributed by atoms with Crippen LogP contribution in [0, 0.1) is 0 Å². The molecule has 0 radical (unpaired) electrons. The van der Waals surface area contributed by atoms with Gasteiger partial charge in [-0.05, 0) is 26.0 Å². The van der Waals surface area contributed by atoms with E-state index in [9.17, 15) is 22.8 Å². The summed E-state index contributed by atoms with van der Waals surface area (Å²) in [5.74, 6) is -0.891. The number of hydrogen-bond donors (Lipinski definition) is 0. The molecule has 0 amide bonds. The molecule has 144 valence electrons. The second-order valence-corrected chi connectivity index (χ2v) is 6.71. The van der Waals surface area contributed by atoms with Crippen molar-refractivity contribution in [3.05, 3.63) is 23.8 Å². The predicted molar refractivity (Wildman–Crippen MR) is 89.8 cm³/mol. The minimum absolute atomic E-state index is 0.0164. The molecular formula is C17H14F3NO5S. The van der Waals surface area contributed by atoms with E-state index in [0.717, 1.165) is 6.07 Å². The van der Waals surface area contributed by atoms with Crippen molar-refractivity contribution in [2.24, 2.45) is 0 Å². The molecule has 3 rings (SSSR count). The lowest BCUT2D eigenvalue weighted by Gasteiger charge is -2.15. The predicted octanol–water partition coefficient (Wildman–Crippen LogP) is 3.60. The molecule has 27 heavy (non-hydrogen) atoms. The van der Waals surface area contributed by atoms with Gasteiger partial charge in [0.25, 0.3) is 0 Å². The standard InChI is InChI=1S/C17H14F3NO5S/c1-3-24-16(23)15(8(2)22)27-14-5-10(17(18,19)20)9-4-12-13(26-7-25-12)6-11(9)21-14/h4-6,15H,3,7H2,1-2H3. The average Bonchev–Trinajstić information content (AvgIpc) is 3.03. The number of hydrogen-bond acceptors (Lipinski definition) is 7. The second kappa shape index (κ2) is 7.26. The summed E-state index contributed by atoms with van der Waals surface area (Å²) >= 11 is 0.616. The Morgan fingerprint density at radius 2 is 1.93 bits per heavy atom. The first-order valence-electron chi connectivity index (χ1n) is 7.86. The number of thioether (sulfide) groups is 1. The number of ketones is 1. The SMILES string of the molecule is CCOC(=O)C(Sc1cc(C(F)(F)F)c2cc3c(cc2n1)OCO3)C(C)=O. The van der Waals surface area contributed by atoms with Gasteiger partial charge in [0.15, 0.2) is 22.5 Å². The van der Waals surface area contributed by atoms with Gasteiger partial charge in [-0.25, -0.2) is 4.98 Å². The minimum Gasteiger partial charge on any atom is -0.465 e.